The number of hydrogen-bond acceptors (Lipinski definition) is 3. The van der Waals surface area contributed by atoms with E-state index in [1.807, 2.05) is 12.1 Å². The first-order chi connectivity index (χ1) is 8.22. The average Bonchev–Trinajstić information content (AvgIpc) is 2.35. The molecule has 0 aliphatic heterocycles. The van der Waals surface area contributed by atoms with Crippen molar-refractivity contribution in [1.82, 2.24) is 0 Å². The topological polar surface area (TPSA) is 58.9 Å². The maximum Gasteiger partial charge on any atom is 0.358 e. The van der Waals surface area contributed by atoms with Crippen molar-refractivity contribution in [1.29, 1.82) is 0 Å². The molecule has 0 unspecified atom stereocenters. The maximum absolute atomic E-state index is 11.0. The maximum atomic E-state index is 11.0. The molecule has 0 aromatic heterocycles. The number of carbonyl (C=O) groups is 1. The average molecular weight is 233 g/mol. The number of nitrogens with zero attached hydrogens (tertiary/aromatic N) is 1. The van der Waals surface area contributed by atoms with E-state index in [0.717, 1.165) is 12.8 Å². The van der Waals surface area contributed by atoms with Crippen molar-refractivity contribution >= 4 is 11.7 Å². The van der Waals surface area contributed by atoms with Crippen LogP contribution in [0, 0.1) is 0 Å². The highest BCUT2D eigenvalue weighted by Crippen LogP contribution is 2.22. The van der Waals surface area contributed by atoms with Gasteiger partial charge in [0.25, 0.3) is 0 Å². The van der Waals surface area contributed by atoms with Gasteiger partial charge in [-0.1, -0.05) is 17.3 Å². The molecule has 0 saturated heterocycles. The summed E-state index contributed by atoms with van der Waals surface area (Å²) >= 11 is 0. The number of oxime groups is 1. The van der Waals surface area contributed by atoms with Gasteiger partial charge in [-0.05, 0) is 42.9 Å². The normalized spacial score (nSPS) is 15.2. The van der Waals surface area contributed by atoms with E-state index in [0.29, 0.717) is 5.56 Å². The molecule has 0 radical (unpaired) electrons. The summed E-state index contributed by atoms with van der Waals surface area (Å²) in [5, 5.41) is 12.6. The van der Waals surface area contributed by atoms with Crippen LogP contribution in [0.2, 0.25) is 0 Å². The summed E-state index contributed by atoms with van der Waals surface area (Å²) in [5.41, 5.74) is 3.13. The largest absolute Gasteiger partial charge is 0.476 e. The molecule has 0 saturated carbocycles. The van der Waals surface area contributed by atoms with Crippen molar-refractivity contribution < 1.29 is 14.7 Å². The van der Waals surface area contributed by atoms with Gasteiger partial charge in [-0.3, -0.25) is 0 Å². The van der Waals surface area contributed by atoms with Crippen LogP contribution in [-0.2, 0) is 22.5 Å². The molecule has 0 heterocycles. The highest BCUT2D eigenvalue weighted by Gasteiger charge is 2.16. The lowest BCUT2D eigenvalue weighted by molar-refractivity contribution is -0.129. The van der Waals surface area contributed by atoms with Crippen molar-refractivity contribution in [3.05, 3.63) is 34.9 Å². The lowest BCUT2D eigenvalue weighted by Crippen LogP contribution is -2.16. The zero-order chi connectivity index (χ0) is 12.3. The second-order valence-electron chi connectivity index (χ2n) is 4.12. The van der Waals surface area contributed by atoms with Crippen LogP contribution in [0.1, 0.15) is 29.5 Å². The zero-order valence-corrected chi connectivity index (χ0v) is 9.77. The Balaban J connectivity index is 2.38. The summed E-state index contributed by atoms with van der Waals surface area (Å²) in [6, 6.07) is 5.72. The van der Waals surface area contributed by atoms with Crippen LogP contribution < -0.4 is 0 Å². The fraction of sp³-hybridized carbons (Fsp3) is 0.385. The van der Waals surface area contributed by atoms with Crippen LogP contribution in [0.25, 0.3) is 0 Å². The standard InChI is InChI=1S/C13H15NO3/c1-17-14-12(13(15)16)11-7-6-9-4-2-3-5-10(9)8-11/h6-8H,2-5H2,1H3,(H,15,16)/b14-12+. The Morgan fingerprint density at radius 2 is 2.00 bits per heavy atom. The van der Waals surface area contributed by atoms with Crippen LogP contribution in [0.5, 0.6) is 0 Å². The monoisotopic (exact) mass is 233 g/mol. The lowest BCUT2D eigenvalue weighted by atomic mass is 9.89. The van der Waals surface area contributed by atoms with Crippen LogP contribution >= 0.6 is 0 Å². The number of carboxylic acids is 1. The molecule has 1 aliphatic carbocycles. The number of benzene rings is 1. The number of aryl methyl sites for hydroxylation is 2. The fourth-order valence-electron chi connectivity index (χ4n) is 2.19. The SMILES string of the molecule is CO/N=C(/C(=O)O)c1ccc2c(c1)CCCC2. The minimum Gasteiger partial charge on any atom is -0.476 e. The van der Waals surface area contributed by atoms with Crippen LogP contribution in [0.15, 0.2) is 23.4 Å². The van der Waals surface area contributed by atoms with Crippen molar-refractivity contribution in [2.24, 2.45) is 5.16 Å². The minimum absolute atomic E-state index is 0.0409. The third-order valence-electron chi connectivity index (χ3n) is 3.01. The molecular weight excluding hydrogens is 218 g/mol. The van der Waals surface area contributed by atoms with Crippen molar-refractivity contribution in [3.8, 4) is 0 Å². The Kier molecular flexibility index (Phi) is 3.42. The summed E-state index contributed by atoms with van der Waals surface area (Å²) in [7, 11) is 1.35. The summed E-state index contributed by atoms with van der Waals surface area (Å²) < 4.78 is 0. The van der Waals surface area contributed by atoms with Crippen molar-refractivity contribution in [3.63, 3.8) is 0 Å². The first-order valence-electron chi connectivity index (χ1n) is 5.69. The fourth-order valence-corrected chi connectivity index (χ4v) is 2.19. The number of aliphatic carboxylic acids is 1. The summed E-state index contributed by atoms with van der Waals surface area (Å²) in [5.74, 6) is -1.07. The van der Waals surface area contributed by atoms with Gasteiger partial charge in [0.2, 0.25) is 0 Å². The molecular formula is C13H15NO3. The molecule has 0 atom stereocenters. The Labute approximate surface area is 99.9 Å². The number of carboxylic acid groups (broad SMARTS) is 1. The number of rotatable bonds is 3. The molecule has 90 valence electrons. The van der Waals surface area contributed by atoms with Gasteiger partial charge in [0, 0.05) is 5.56 Å². The first-order valence-corrected chi connectivity index (χ1v) is 5.69. The van der Waals surface area contributed by atoms with Gasteiger partial charge in [-0.25, -0.2) is 4.79 Å². The molecule has 1 aromatic carbocycles. The summed E-state index contributed by atoms with van der Waals surface area (Å²) in [6.45, 7) is 0. The highest BCUT2D eigenvalue weighted by atomic mass is 16.6. The quantitative estimate of drug-likeness (QED) is 0.641. The van der Waals surface area contributed by atoms with Gasteiger partial charge in [-0.15, -0.1) is 0 Å². The summed E-state index contributed by atoms with van der Waals surface area (Å²) in [4.78, 5) is 15.6. The van der Waals surface area contributed by atoms with Crippen molar-refractivity contribution in [2.75, 3.05) is 7.11 Å². The van der Waals surface area contributed by atoms with E-state index < -0.39 is 5.97 Å². The van der Waals surface area contributed by atoms with Gasteiger partial charge in [0.15, 0.2) is 5.71 Å². The minimum atomic E-state index is -1.07. The van der Waals surface area contributed by atoms with Gasteiger partial charge in [-0.2, -0.15) is 0 Å². The first kappa shape index (κ1) is 11.6. The Morgan fingerprint density at radius 3 is 2.65 bits per heavy atom. The molecule has 17 heavy (non-hydrogen) atoms. The second kappa shape index (κ2) is 4.99. The van der Waals surface area contributed by atoms with E-state index in [1.54, 1.807) is 6.07 Å². The third kappa shape index (κ3) is 2.46. The van der Waals surface area contributed by atoms with E-state index in [1.165, 1.54) is 31.1 Å². The van der Waals surface area contributed by atoms with Gasteiger partial charge >= 0.3 is 5.97 Å². The molecule has 1 N–H and O–H groups in total. The van der Waals surface area contributed by atoms with E-state index in [2.05, 4.69) is 9.99 Å². The van der Waals surface area contributed by atoms with Crippen LogP contribution in [0.3, 0.4) is 0 Å². The van der Waals surface area contributed by atoms with E-state index >= 15 is 0 Å². The van der Waals surface area contributed by atoms with E-state index in [9.17, 15) is 4.79 Å². The zero-order valence-electron chi connectivity index (χ0n) is 9.77. The smallest absolute Gasteiger partial charge is 0.358 e. The molecule has 2 rings (SSSR count). The second-order valence-corrected chi connectivity index (χ2v) is 4.12. The molecule has 1 aromatic rings. The Hall–Kier alpha value is -1.84. The number of fused-ring (bicyclic) bond motifs is 1. The Morgan fingerprint density at radius 1 is 1.29 bits per heavy atom. The lowest BCUT2D eigenvalue weighted by Gasteiger charge is -2.16. The third-order valence-corrected chi connectivity index (χ3v) is 3.01. The molecule has 0 fully saturated rings. The summed E-state index contributed by atoms with van der Waals surface area (Å²) in [6.07, 6.45) is 4.48. The van der Waals surface area contributed by atoms with Crippen LogP contribution in [-0.4, -0.2) is 23.9 Å². The highest BCUT2D eigenvalue weighted by molar-refractivity contribution is 6.42. The molecule has 0 spiro atoms. The molecule has 0 amide bonds. The van der Waals surface area contributed by atoms with Crippen LogP contribution in [0.4, 0.5) is 0 Å². The van der Waals surface area contributed by atoms with E-state index in [-0.39, 0.29) is 5.71 Å². The number of hydrogen-bond donors (Lipinski definition) is 1. The molecule has 1 aliphatic rings. The van der Waals surface area contributed by atoms with Crippen molar-refractivity contribution in [2.45, 2.75) is 25.7 Å². The predicted molar refractivity (Wildman–Crippen MR) is 64.3 cm³/mol. The predicted octanol–water partition coefficient (Wildman–Crippen LogP) is 2.00. The van der Waals surface area contributed by atoms with E-state index in [4.69, 9.17) is 5.11 Å². The molecule has 4 nitrogen and oxygen atoms in total. The van der Waals surface area contributed by atoms with Gasteiger partial charge < -0.3 is 9.94 Å². The van der Waals surface area contributed by atoms with Gasteiger partial charge in [0.05, 0.1) is 0 Å². The molecule has 0 bridgehead atoms. The molecule has 4 heteroatoms. The van der Waals surface area contributed by atoms with Gasteiger partial charge in [0.1, 0.15) is 7.11 Å². The Bertz CT molecular complexity index is 466.